The van der Waals surface area contributed by atoms with Crippen molar-refractivity contribution in [2.24, 2.45) is 5.73 Å². The van der Waals surface area contributed by atoms with Gasteiger partial charge in [0.05, 0.1) is 24.0 Å². The van der Waals surface area contributed by atoms with Crippen molar-refractivity contribution in [1.82, 2.24) is 14.8 Å². The van der Waals surface area contributed by atoms with Gasteiger partial charge in [0.15, 0.2) is 0 Å². The third-order valence-electron chi connectivity index (χ3n) is 3.48. The number of anilines is 1. The summed E-state index contributed by atoms with van der Waals surface area (Å²) in [4.78, 5) is 15.9. The molecule has 3 aromatic rings. The molecule has 0 radical (unpaired) electrons. The molecule has 0 aliphatic carbocycles. The number of aliphatic hydroxyl groups excluding tert-OH is 1. The van der Waals surface area contributed by atoms with Gasteiger partial charge in [-0.3, -0.25) is 4.79 Å². The Hall–Kier alpha value is -2.77. The van der Waals surface area contributed by atoms with Gasteiger partial charge in [0.2, 0.25) is 5.91 Å². The topological polar surface area (TPSA) is 106 Å². The Balaban J connectivity index is 1.99. The maximum absolute atomic E-state index is 11.8. The lowest BCUT2D eigenvalue weighted by atomic mass is 10.2. The average molecular weight is 311 g/mol. The number of amides is 1. The third kappa shape index (κ3) is 3.05. The smallest absolute Gasteiger partial charge is 0.244 e. The van der Waals surface area contributed by atoms with Gasteiger partial charge in [-0.1, -0.05) is 12.1 Å². The van der Waals surface area contributed by atoms with Gasteiger partial charge in [-0.25, -0.2) is 9.67 Å². The van der Waals surface area contributed by atoms with Gasteiger partial charge in [-0.05, 0) is 24.6 Å². The summed E-state index contributed by atoms with van der Waals surface area (Å²) in [5.74, 6) is -0.123. The first-order valence-electron chi connectivity index (χ1n) is 7.16. The van der Waals surface area contributed by atoms with E-state index >= 15 is 0 Å². The van der Waals surface area contributed by atoms with Crippen LogP contribution < -0.4 is 11.1 Å². The number of aromatic nitrogens is 3. The van der Waals surface area contributed by atoms with Crippen molar-refractivity contribution in [2.75, 3.05) is 11.9 Å². The summed E-state index contributed by atoms with van der Waals surface area (Å²) in [7, 11) is 0. The van der Waals surface area contributed by atoms with E-state index in [0.29, 0.717) is 5.82 Å². The molecule has 0 spiro atoms. The monoisotopic (exact) mass is 311 g/mol. The molecular formula is C16H17N5O2. The number of hydrogen-bond donors (Lipinski definition) is 3. The molecule has 0 aliphatic heterocycles. The molecule has 2 aromatic heterocycles. The van der Waals surface area contributed by atoms with Gasteiger partial charge in [-0.15, -0.1) is 0 Å². The number of rotatable bonds is 4. The lowest BCUT2D eigenvalue weighted by molar-refractivity contribution is -0.118. The summed E-state index contributed by atoms with van der Waals surface area (Å²) in [6.07, 6.45) is 3.35. The van der Waals surface area contributed by atoms with Crippen molar-refractivity contribution >= 4 is 22.6 Å². The first-order chi connectivity index (χ1) is 11.1. The van der Waals surface area contributed by atoms with E-state index in [1.807, 2.05) is 31.2 Å². The number of pyridine rings is 1. The van der Waals surface area contributed by atoms with Crippen LogP contribution in [0.1, 0.15) is 5.56 Å². The second kappa shape index (κ2) is 6.15. The molecule has 0 fully saturated rings. The Morgan fingerprint density at radius 3 is 2.96 bits per heavy atom. The van der Waals surface area contributed by atoms with Gasteiger partial charge in [0, 0.05) is 17.6 Å². The van der Waals surface area contributed by atoms with Crippen molar-refractivity contribution in [2.45, 2.75) is 13.0 Å². The number of aryl methyl sites for hydroxylation is 1. The van der Waals surface area contributed by atoms with Crippen LogP contribution in [0.2, 0.25) is 0 Å². The molecule has 118 valence electrons. The predicted octanol–water partition coefficient (Wildman–Crippen LogP) is 0.987. The SMILES string of the molecule is Cc1cccc(-n2ncc3cnc(NC(=O)[C@@H](N)CO)cc32)c1. The van der Waals surface area contributed by atoms with Crippen molar-refractivity contribution in [3.8, 4) is 5.69 Å². The van der Waals surface area contributed by atoms with Crippen molar-refractivity contribution in [3.05, 3.63) is 48.3 Å². The molecule has 1 atom stereocenters. The minimum absolute atomic E-state index is 0.362. The van der Waals surface area contributed by atoms with Gasteiger partial charge < -0.3 is 16.2 Å². The minimum atomic E-state index is -0.978. The van der Waals surface area contributed by atoms with Crippen LogP contribution >= 0.6 is 0 Å². The Morgan fingerprint density at radius 2 is 2.22 bits per heavy atom. The molecule has 0 saturated carbocycles. The fraction of sp³-hybridized carbons (Fsp3) is 0.188. The van der Waals surface area contributed by atoms with Crippen molar-refractivity contribution in [1.29, 1.82) is 0 Å². The number of nitrogens with two attached hydrogens (primary N) is 1. The highest BCUT2D eigenvalue weighted by molar-refractivity contribution is 5.95. The molecule has 3 rings (SSSR count). The number of fused-ring (bicyclic) bond motifs is 1. The number of aliphatic hydroxyl groups is 1. The molecule has 1 amide bonds. The minimum Gasteiger partial charge on any atom is -0.394 e. The van der Waals surface area contributed by atoms with Crippen LogP contribution in [-0.4, -0.2) is 38.4 Å². The Morgan fingerprint density at radius 1 is 1.39 bits per heavy atom. The number of carbonyl (C=O) groups is 1. The van der Waals surface area contributed by atoms with E-state index in [0.717, 1.165) is 22.2 Å². The lowest BCUT2D eigenvalue weighted by Gasteiger charge is -2.09. The maximum Gasteiger partial charge on any atom is 0.244 e. The first kappa shape index (κ1) is 15.1. The van der Waals surface area contributed by atoms with Crippen LogP contribution in [0.3, 0.4) is 0 Å². The molecule has 0 saturated heterocycles. The van der Waals surface area contributed by atoms with Crippen LogP contribution in [-0.2, 0) is 4.79 Å². The number of hydrogen-bond acceptors (Lipinski definition) is 5. The molecule has 0 aliphatic rings. The molecule has 1 aromatic carbocycles. The molecule has 0 unspecified atom stereocenters. The zero-order chi connectivity index (χ0) is 16.4. The van der Waals surface area contributed by atoms with E-state index in [1.54, 1.807) is 23.1 Å². The molecule has 7 nitrogen and oxygen atoms in total. The highest BCUT2D eigenvalue weighted by Gasteiger charge is 2.14. The highest BCUT2D eigenvalue weighted by atomic mass is 16.3. The van der Waals surface area contributed by atoms with Crippen LogP contribution in [0.5, 0.6) is 0 Å². The summed E-state index contributed by atoms with van der Waals surface area (Å²) in [6.45, 7) is 1.59. The lowest BCUT2D eigenvalue weighted by Crippen LogP contribution is -2.38. The second-order valence-electron chi connectivity index (χ2n) is 5.30. The number of carbonyl (C=O) groups excluding carboxylic acids is 1. The zero-order valence-electron chi connectivity index (χ0n) is 12.6. The molecule has 0 bridgehead atoms. The average Bonchev–Trinajstić information content (AvgIpc) is 2.97. The molecule has 4 N–H and O–H groups in total. The summed E-state index contributed by atoms with van der Waals surface area (Å²) in [5.41, 5.74) is 8.36. The van der Waals surface area contributed by atoms with E-state index in [1.165, 1.54) is 0 Å². The Bertz CT molecular complexity index is 859. The number of nitrogens with zero attached hydrogens (tertiary/aromatic N) is 3. The molecular weight excluding hydrogens is 294 g/mol. The molecule has 23 heavy (non-hydrogen) atoms. The summed E-state index contributed by atoms with van der Waals surface area (Å²) < 4.78 is 1.78. The standard InChI is InChI=1S/C16H17N5O2/c1-10-3-2-4-12(5-10)21-14-6-15(18-7-11(14)8-19-21)20-16(23)13(17)9-22/h2-8,13,22H,9,17H2,1H3,(H,18,20,23)/t13-/m0/s1. The van der Waals surface area contributed by atoms with E-state index in [9.17, 15) is 4.79 Å². The largest absolute Gasteiger partial charge is 0.394 e. The Kier molecular flexibility index (Phi) is 4.05. The number of nitrogens with one attached hydrogen (secondary N) is 1. The van der Waals surface area contributed by atoms with Gasteiger partial charge in [0.1, 0.15) is 11.9 Å². The van der Waals surface area contributed by atoms with E-state index in [-0.39, 0.29) is 0 Å². The fourth-order valence-corrected chi connectivity index (χ4v) is 2.26. The number of benzene rings is 1. The van der Waals surface area contributed by atoms with Crippen LogP contribution in [0.15, 0.2) is 42.7 Å². The van der Waals surface area contributed by atoms with E-state index in [2.05, 4.69) is 15.4 Å². The Labute approximate surface area is 132 Å². The zero-order valence-corrected chi connectivity index (χ0v) is 12.6. The normalized spacial score (nSPS) is 12.3. The first-order valence-corrected chi connectivity index (χ1v) is 7.16. The quantitative estimate of drug-likeness (QED) is 0.666. The summed E-state index contributed by atoms with van der Waals surface area (Å²) >= 11 is 0. The summed E-state index contributed by atoms with van der Waals surface area (Å²) in [6, 6.07) is 8.70. The molecule has 7 heteroatoms. The molecule has 2 heterocycles. The van der Waals surface area contributed by atoms with Crippen LogP contribution in [0.25, 0.3) is 16.6 Å². The van der Waals surface area contributed by atoms with Crippen LogP contribution in [0, 0.1) is 6.92 Å². The maximum atomic E-state index is 11.8. The van der Waals surface area contributed by atoms with Crippen molar-refractivity contribution in [3.63, 3.8) is 0 Å². The summed E-state index contributed by atoms with van der Waals surface area (Å²) in [5, 5.41) is 16.7. The van der Waals surface area contributed by atoms with Crippen LogP contribution in [0.4, 0.5) is 5.82 Å². The highest BCUT2D eigenvalue weighted by Crippen LogP contribution is 2.20. The predicted molar refractivity (Wildman–Crippen MR) is 87.3 cm³/mol. The fourth-order valence-electron chi connectivity index (χ4n) is 2.26. The van der Waals surface area contributed by atoms with Crippen molar-refractivity contribution < 1.29 is 9.90 Å². The van der Waals surface area contributed by atoms with Gasteiger partial charge >= 0.3 is 0 Å². The second-order valence-corrected chi connectivity index (χ2v) is 5.30. The van der Waals surface area contributed by atoms with E-state index in [4.69, 9.17) is 10.8 Å². The third-order valence-corrected chi connectivity index (χ3v) is 3.48. The van der Waals surface area contributed by atoms with Gasteiger partial charge in [0.25, 0.3) is 0 Å². The van der Waals surface area contributed by atoms with Gasteiger partial charge in [-0.2, -0.15) is 5.10 Å². The van der Waals surface area contributed by atoms with E-state index < -0.39 is 18.6 Å².